The lowest BCUT2D eigenvalue weighted by Gasteiger charge is -1.99. The van der Waals surface area contributed by atoms with E-state index >= 15 is 0 Å². The number of aromatic nitrogens is 3. The minimum absolute atomic E-state index is 0.0998. The van der Waals surface area contributed by atoms with Crippen LogP contribution in [0.25, 0.3) is 22.3 Å². The van der Waals surface area contributed by atoms with Crippen LogP contribution < -0.4 is 4.74 Å². The molecule has 4 rings (SSSR count). The molecule has 7 heteroatoms. The number of nitrogens with zero attached hydrogens (tertiary/aromatic N) is 2. The van der Waals surface area contributed by atoms with E-state index < -0.39 is 5.97 Å². The van der Waals surface area contributed by atoms with Crippen molar-refractivity contribution in [2.75, 3.05) is 7.11 Å². The summed E-state index contributed by atoms with van der Waals surface area (Å²) in [6.07, 6.45) is 0. The first-order chi connectivity index (χ1) is 12.7. The molecule has 26 heavy (non-hydrogen) atoms. The molecule has 0 saturated carbocycles. The maximum Gasteiger partial charge on any atom is 0.355 e. The Morgan fingerprint density at radius 2 is 1.96 bits per heavy atom. The zero-order valence-corrected chi connectivity index (χ0v) is 13.9. The van der Waals surface area contributed by atoms with Crippen molar-refractivity contribution >= 4 is 16.9 Å². The van der Waals surface area contributed by atoms with Gasteiger partial charge in [-0.05, 0) is 36.4 Å². The average Bonchev–Trinajstić information content (AvgIpc) is 3.33. The number of hydrogen-bond acceptors (Lipinski definition) is 6. The van der Waals surface area contributed by atoms with E-state index in [1.165, 1.54) is 0 Å². The Labute approximate surface area is 148 Å². The second-order valence-corrected chi connectivity index (χ2v) is 5.59. The molecule has 0 aliphatic rings. The van der Waals surface area contributed by atoms with Gasteiger partial charge in [0.1, 0.15) is 11.4 Å². The van der Waals surface area contributed by atoms with Crippen molar-refractivity contribution in [3.63, 3.8) is 0 Å². The van der Waals surface area contributed by atoms with Gasteiger partial charge in [-0.25, -0.2) is 4.79 Å². The largest absolute Gasteiger partial charge is 0.497 e. The lowest BCUT2D eigenvalue weighted by atomic mass is 10.2. The number of rotatable bonds is 5. The van der Waals surface area contributed by atoms with Crippen molar-refractivity contribution in [2.24, 2.45) is 0 Å². The molecular formula is C19H15N3O4. The van der Waals surface area contributed by atoms with Crippen LogP contribution in [0.1, 0.15) is 16.4 Å². The van der Waals surface area contributed by atoms with E-state index in [2.05, 4.69) is 15.1 Å². The molecule has 130 valence electrons. The standard InChI is InChI=1S/C19H15N3O4/c1-24-14-8-6-12(7-9-14)18-21-17(26-22-18)11-25-19(23)16-10-13-4-2-3-5-15(13)20-16/h2-10,20H,11H2,1H3. The number of ether oxygens (including phenoxy) is 2. The second-order valence-electron chi connectivity index (χ2n) is 5.59. The van der Waals surface area contributed by atoms with E-state index in [0.29, 0.717) is 11.5 Å². The Bertz CT molecular complexity index is 1020. The molecular weight excluding hydrogens is 334 g/mol. The van der Waals surface area contributed by atoms with E-state index in [4.69, 9.17) is 14.0 Å². The molecule has 2 aromatic heterocycles. The van der Waals surface area contributed by atoms with Crippen LogP contribution in [0, 0.1) is 0 Å². The molecule has 4 aromatic rings. The maximum absolute atomic E-state index is 12.2. The highest BCUT2D eigenvalue weighted by Gasteiger charge is 2.14. The Kier molecular flexibility index (Phi) is 4.10. The normalized spacial score (nSPS) is 10.8. The van der Waals surface area contributed by atoms with Gasteiger partial charge in [0.15, 0.2) is 6.61 Å². The van der Waals surface area contributed by atoms with Gasteiger partial charge in [-0.1, -0.05) is 23.4 Å². The van der Waals surface area contributed by atoms with Crippen molar-refractivity contribution < 1.29 is 18.8 Å². The first kappa shape index (κ1) is 15.9. The number of hydrogen-bond donors (Lipinski definition) is 1. The average molecular weight is 349 g/mol. The minimum atomic E-state index is -0.481. The molecule has 2 heterocycles. The van der Waals surface area contributed by atoms with Crippen LogP contribution in [0.4, 0.5) is 0 Å². The molecule has 0 amide bonds. The molecule has 0 aliphatic heterocycles. The number of carbonyl (C=O) groups is 1. The van der Waals surface area contributed by atoms with Gasteiger partial charge >= 0.3 is 5.97 Å². The predicted molar refractivity (Wildman–Crippen MR) is 93.7 cm³/mol. The molecule has 0 aliphatic carbocycles. The fourth-order valence-electron chi connectivity index (χ4n) is 2.56. The lowest BCUT2D eigenvalue weighted by molar-refractivity contribution is 0.0424. The number of H-pyrrole nitrogens is 1. The van der Waals surface area contributed by atoms with Crippen molar-refractivity contribution in [3.05, 3.63) is 66.2 Å². The first-order valence-corrected chi connectivity index (χ1v) is 7.95. The first-order valence-electron chi connectivity index (χ1n) is 7.95. The Balaban J connectivity index is 1.43. The maximum atomic E-state index is 12.2. The van der Waals surface area contributed by atoms with E-state index in [1.807, 2.05) is 36.4 Å². The Hall–Kier alpha value is -3.61. The van der Waals surface area contributed by atoms with Crippen LogP contribution in [-0.4, -0.2) is 28.2 Å². The molecule has 0 fully saturated rings. The number of carbonyl (C=O) groups excluding carboxylic acids is 1. The van der Waals surface area contributed by atoms with Gasteiger partial charge in [-0.15, -0.1) is 0 Å². The number of benzene rings is 2. The Morgan fingerprint density at radius 1 is 1.15 bits per heavy atom. The van der Waals surface area contributed by atoms with Crippen molar-refractivity contribution in [1.29, 1.82) is 0 Å². The van der Waals surface area contributed by atoms with Crippen molar-refractivity contribution in [3.8, 4) is 17.1 Å². The fourth-order valence-corrected chi connectivity index (χ4v) is 2.56. The van der Waals surface area contributed by atoms with E-state index in [0.717, 1.165) is 22.2 Å². The highest BCUT2D eigenvalue weighted by Crippen LogP contribution is 2.20. The molecule has 2 aromatic carbocycles. The summed E-state index contributed by atoms with van der Waals surface area (Å²) in [5.74, 6) is 0.903. The predicted octanol–water partition coefficient (Wildman–Crippen LogP) is 3.58. The van der Waals surface area contributed by atoms with Gasteiger partial charge < -0.3 is 19.0 Å². The summed E-state index contributed by atoms with van der Waals surface area (Å²) in [4.78, 5) is 19.4. The third-order valence-electron chi connectivity index (χ3n) is 3.89. The van der Waals surface area contributed by atoms with Gasteiger partial charge in [0.2, 0.25) is 5.82 Å². The minimum Gasteiger partial charge on any atom is -0.497 e. The lowest BCUT2D eigenvalue weighted by Crippen LogP contribution is -2.05. The van der Waals surface area contributed by atoms with Crippen molar-refractivity contribution in [2.45, 2.75) is 6.61 Å². The van der Waals surface area contributed by atoms with Crippen LogP contribution in [0.15, 0.2) is 59.1 Å². The van der Waals surface area contributed by atoms with E-state index in [-0.39, 0.29) is 12.5 Å². The van der Waals surface area contributed by atoms with E-state index in [9.17, 15) is 4.79 Å². The summed E-state index contributed by atoms with van der Waals surface area (Å²) in [5.41, 5.74) is 2.03. The van der Waals surface area contributed by atoms with Crippen LogP contribution in [-0.2, 0) is 11.3 Å². The Morgan fingerprint density at radius 3 is 2.73 bits per heavy atom. The highest BCUT2D eigenvalue weighted by molar-refractivity contribution is 5.94. The number of aromatic amines is 1. The molecule has 0 radical (unpaired) electrons. The highest BCUT2D eigenvalue weighted by atomic mass is 16.6. The van der Waals surface area contributed by atoms with Crippen molar-refractivity contribution in [1.82, 2.24) is 15.1 Å². The second kappa shape index (κ2) is 6.72. The summed E-state index contributed by atoms with van der Waals surface area (Å²) in [6.45, 7) is -0.0998. The smallest absolute Gasteiger partial charge is 0.355 e. The summed E-state index contributed by atoms with van der Waals surface area (Å²) in [6, 6.07) is 16.6. The van der Waals surface area contributed by atoms with Gasteiger partial charge in [0.05, 0.1) is 7.11 Å². The molecule has 0 unspecified atom stereocenters. The van der Waals surface area contributed by atoms with Crippen LogP contribution in [0.5, 0.6) is 5.75 Å². The van der Waals surface area contributed by atoms with Crippen LogP contribution in [0.2, 0.25) is 0 Å². The molecule has 0 saturated heterocycles. The number of esters is 1. The van der Waals surface area contributed by atoms with Crippen LogP contribution >= 0.6 is 0 Å². The summed E-state index contributed by atoms with van der Waals surface area (Å²) in [7, 11) is 1.60. The van der Waals surface area contributed by atoms with Gasteiger partial charge in [0, 0.05) is 16.5 Å². The summed E-state index contributed by atoms with van der Waals surface area (Å²) >= 11 is 0. The number of para-hydroxylation sites is 1. The summed E-state index contributed by atoms with van der Waals surface area (Å²) < 4.78 is 15.5. The fraction of sp³-hybridized carbons (Fsp3) is 0.105. The number of fused-ring (bicyclic) bond motifs is 1. The SMILES string of the molecule is COc1ccc(-c2noc(COC(=O)c3cc4ccccc4[nH]3)n2)cc1. The topological polar surface area (TPSA) is 90.2 Å². The monoisotopic (exact) mass is 349 g/mol. The van der Waals surface area contributed by atoms with E-state index in [1.54, 1.807) is 25.3 Å². The van der Waals surface area contributed by atoms with Gasteiger partial charge in [0.25, 0.3) is 5.89 Å². The third kappa shape index (κ3) is 3.14. The molecule has 0 atom stereocenters. The zero-order valence-electron chi connectivity index (χ0n) is 13.9. The number of nitrogens with one attached hydrogen (secondary N) is 1. The third-order valence-corrected chi connectivity index (χ3v) is 3.89. The quantitative estimate of drug-likeness (QED) is 0.554. The molecule has 7 nitrogen and oxygen atoms in total. The molecule has 0 spiro atoms. The van der Waals surface area contributed by atoms with Crippen LogP contribution in [0.3, 0.4) is 0 Å². The molecule has 1 N–H and O–H groups in total. The number of methoxy groups -OCH3 is 1. The van der Waals surface area contributed by atoms with Gasteiger partial charge in [-0.2, -0.15) is 4.98 Å². The zero-order chi connectivity index (χ0) is 17.9. The molecule has 0 bridgehead atoms. The summed E-state index contributed by atoms with van der Waals surface area (Å²) in [5, 5.41) is 4.84. The van der Waals surface area contributed by atoms with Gasteiger partial charge in [-0.3, -0.25) is 0 Å².